The van der Waals surface area contributed by atoms with Gasteiger partial charge in [0.2, 0.25) is 5.91 Å². The number of ketones is 2. The van der Waals surface area contributed by atoms with Gasteiger partial charge in [-0.25, -0.2) is 0 Å². The lowest BCUT2D eigenvalue weighted by atomic mass is 9.96. The fraction of sp³-hybridized carbons (Fsp3) is 0.389. The molecule has 0 atom stereocenters. The molecule has 0 radical (unpaired) electrons. The highest BCUT2D eigenvalue weighted by Gasteiger charge is 2.35. The van der Waals surface area contributed by atoms with Crippen LogP contribution in [0, 0.1) is 5.92 Å². The molecule has 2 rings (SSSR count). The molecule has 0 aromatic heterocycles. The Balaban J connectivity index is 2.50. The highest BCUT2D eigenvalue weighted by molar-refractivity contribution is 6.32. The van der Waals surface area contributed by atoms with Gasteiger partial charge < -0.3 is 9.80 Å². The summed E-state index contributed by atoms with van der Waals surface area (Å²) in [6, 6.07) is 4.70. The van der Waals surface area contributed by atoms with Crippen LogP contribution in [0.2, 0.25) is 5.02 Å². The number of amides is 1. The van der Waals surface area contributed by atoms with Crippen LogP contribution in [0.3, 0.4) is 0 Å². The summed E-state index contributed by atoms with van der Waals surface area (Å²) in [5.41, 5.74) is 0.829. The molecule has 1 fully saturated rings. The number of hydrogen-bond donors (Lipinski definition) is 0. The lowest BCUT2D eigenvalue weighted by molar-refractivity contribution is -0.117. The summed E-state index contributed by atoms with van der Waals surface area (Å²) in [6.45, 7) is 1.40. The van der Waals surface area contributed by atoms with E-state index in [9.17, 15) is 14.4 Å². The van der Waals surface area contributed by atoms with E-state index in [1.54, 1.807) is 50.4 Å². The molecule has 0 N–H and O–H groups in total. The van der Waals surface area contributed by atoms with Gasteiger partial charge in [-0.15, -0.1) is 0 Å². The van der Waals surface area contributed by atoms with Gasteiger partial charge >= 0.3 is 0 Å². The number of halogens is 1. The normalized spacial score (nSPS) is 14.3. The number of benzene rings is 1. The average Bonchev–Trinajstić information content (AvgIpc) is 3.35. The number of anilines is 1. The van der Waals surface area contributed by atoms with Crippen molar-refractivity contribution in [1.29, 1.82) is 0 Å². The lowest BCUT2D eigenvalue weighted by Crippen LogP contribution is -2.26. The molecule has 1 aromatic carbocycles. The van der Waals surface area contributed by atoms with Crippen molar-refractivity contribution in [3.05, 3.63) is 40.6 Å². The highest BCUT2D eigenvalue weighted by atomic mass is 35.5. The minimum absolute atomic E-state index is 0.0681. The second kappa shape index (κ2) is 7.18. The summed E-state index contributed by atoms with van der Waals surface area (Å²) in [5, 5.41) is 0.418. The Morgan fingerprint density at radius 3 is 2.29 bits per heavy atom. The molecule has 0 heterocycles. The molecule has 1 aliphatic carbocycles. The van der Waals surface area contributed by atoms with Crippen molar-refractivity contribution in [3.8, 4) is 0 Å². The molecule has 0 saturated heterocycles. The molecule has 1 aromatic rings. The first-order valence-electron chi connectivity index (χ1n) is 7.73. The van der Waals surface area contributed by atoms with Crippen molar-refractivity contribution in [2.24, 2.45) is 5.92 Å². The largest absolute Gasteiger partial charge is 0.383 e. The third kappa shape index (κ3) is 4.03. The van der Waals surface area contributed by atoms with E-state index in [-0.39, 0.29) is 29.0 Å². The Hall–Kier alpha value is -2.14. The molecule has 6 heteroatoms. The minimum atomic E-state index is -0.389. The summed E-state index contributed by atoms with van der Waals surface area (Å²) in [6.07, 6.45) is 3.19. The predicted octanol–water partition coefficient (Wildman–Crippen LogP) is 2.93. The molecule has 24 heavy (non-hydrogen) atoms. The molecule has 0 spiro atoms. The SMILES string of the molecule is CC(=O)N(C)c1cc(Cl)ccc1C(=O)C(=CN(C)C)C(=O)C1CC1. The maximum absolute atomic E-state index is 13.0. The third-order valence-corrected chi connectivity index (χ3v) is 4.12. The Morgan fingerprint density at radius 2 is 1.79 bits per heavy atom. The molecule has 0 bridgehead atoms. The van der Waals surface area contributed by atoms with Crippen LogP contribution in [0.5, 0.6) is 0 Å². The zero-order valence-corrected chi connectivity index (χ0v) is 15.1. The van der Waals surface area contributed by atoms with Gasteiger partial charge in [-0.2, -0.15) is 0 Å². The molecule has 128 valence electrons. The Kier molecular flexibility index (Phi) is 5.44. The van der Waals surface area contributed by atoms with Crippen LogP contribution < -0.4 is 4.90 Å². The van der Waals surface area contributed by atoms with E-state index < -0.39 is 0 Å². The van der Waals surface area contributed by atoms with Gasteiger partial charge in [0.05, 0.1) is 11.3 Å². The molecule has 1 aliphatic rings. The average molecular weight is 349 g/mol. The number of allylic oxidation sites excluding steroid dienone is 1. The van der Waals surface area contributed by atoms with Crippen molar-refractivity contribution in [1.82, 2.24) is 4.90 Å². The molecule has 0 unspecified atom stereocenters. The summed E-state index contributed by atoms with van der Waals surface area (Å²) in [7, 11) is 5.10. The second-order valence-corrected chi connectivity index (χ2v) is 6.65. The van der Waals surface area contributed by atoms with Gasteiger partial charge in [-0.05, 0) is 31.0 Å². The summed E-state index contributed by atoms with van der Waals surface area (Å²) >= 11 is 6.02. The van der Waals surface area contributed by atoms with Crippen LogP contribution in [0.1, 0.15) is 30.1 Å². The monoisotopic (exact) mass is 348 g/mol. The fourth-order valence-electron chi connectivity index (χ4n) is 2.35. The minimum Gasteiger partial charge on any atom is -0.383 e. The maximum atomic E-state index is 13.0. The zero-order chi connectivity index (χ0) is 18.0. The highest BCUT2D eigenvalue weighted by Crippen LogP contribution is 2.34. The van der Waals surface area contributed by atoms with Gasteiger partial charge in [0.25, 0.3) is 0 Å². The number of carbonyl (C=O) groups excluding carboxylic acids is 3. The van der Waals surface area contributed by atoms with E-state index in [0.717, 1.165) is 12.8 Å². The predicted molar refractivity (Wildman–Crippen MR) is 94.4 cm³/mol. The third-order valence-electron chi connectivity index (χ3n) is 3.88. The first-order chi connectivity index (χ1) is 11.2. The number of nitrogens with zero attached hydrogens (tertiary/aromatic N) is 2. The number of hydrogen-bond acceptors (Lipinski definition) is 4. The molecule has 0 aliphatic heterocycles. The Labute approximate surface area is 146 Å². The standard InChI is InChI=1S/C18H21ClN2O3/c1-11(22)21(4)16-9-13(19)7-8-14(16)18(24)15(10-20(2)3)17(23)12-5-6-12/h7-10,12H,5-6H2,1-4H3. The fourth-order valence-corrected chi connectivity index (χ4v) is 2.51. The molecule has 5 nitrogen and oxygen atoms in total. The Bertz CT molecular complexity index is 721. The van der Waals surface area contributed by atoms with Gasteiger partial charge in [0.1, 0.15) is 0 Å². The van der Waals surface area contributed by atoms with Crippen molar-refractivity contribution >= 4 is 34.8 Å². The first-order valence-corrected chi connectivity index (χ1v) is 8.11. The topological polar surface area (TPSA) is 57.7 Å². The molecular weight excluding hydrogens is 328 g/mol. The molecule has 1 amide bonds. The van der Waals surface area contributed by atoms with E-state index >= 15 is 0 Å². The maximum Gasteiger partial charge on any atom is 0.223 e. The summed E-state index contributed by atoms with van der Waals surface area (Å²) < 4.78 is 0. The smallest absolute Gasteiger partial charge is 0.223 e. The van der Waals surface area contributed by atoms with Crippen LogP contribution in [-0.2, 0) is 9.59 Å². The lowest BCUT2D eigenvalue weighted by Gasteiger charge is -2.20. The van der Waals surface area contributed by atoms with Crippen LogP contribution >= 0.6 is 11.6 Å². The molecule has 1 saturated carbocycles. The number of carbonyl (C=O) groups is 3. The van der Waals surface area contributed by atoms with Crippen LogP contribution in [0.4, 0.5) is 5.69 Å². The first kappa shape index (κ1) is 18.2. The van der Waals surface area contributed by atoms with Crippen molar-refractivity contribution in [2.45, 2.75) is 19.8 Å². The van der Waals surface area contributed by atoms with Gasteiger partial charge in [0.15, 0.2) is 11.6 Å². The van der Waals surface area contributed by atoms with Gasteiger partial charge in [0, 0.05) is 50.8 Å². The van der Waals surface area contributed by atoms with E-state index in [4.69, 9.17) is 11.6 Å². The Morgan fingerprint density at radius 1 is 1.17 bits per heavy atom. The van der Waals surface area contributed by atoms with Crippen LogP contribution in [0.15, 0.2) is 30.0 Å². The van der Waals surface area contributed by atoms with Gasteiger partial charge in [-0.3, -0.25) is 14.4 Å². The second-order valence-electron chi connectivity index (χ2n) is 6.21. The van der Waals surface area contributed by atoms with Crippen LogP contribution in [-0.4, -0.2) is 43.5 Å². The van der Waals surface area contributed by atoms with Gasteiger partial charge in [-0.1, -0.05) is 11.6 Å². The van der Waals surface area contributed by atoms with Crippen molar-refractivity contribution in [3.63, 3.8) is 0 Å². The quantitative estimate of drug-likeness (QED) is 0.343. The van der Waals surface area contributed by atoms with E-state index in [1.165, 1.54) is 11.8 Å². The summed E-state index contributed by atoms with van der Waals surface area (Å²) in [4.78, 5) is 40.3. The zero-order valence-electron chi connectivity index (χ0n) is 14.3. The van der Waals surface area contributed by atoms with Crippen molar-refractivity contribution in [2.75, 3.05) is 26.0 Å². The van der Waals surface area contributed by atoms with Crippen molar-refractivity contribution < 1.29 is 14.4 Å². The number of Topliss-reactive ketones (excluding diaryl/α,β-unsaturated/α-hetero) is 2. The van der Waals surface area contributed by atoms with E-state index in [2.05, 4.69) is 0 Å². The van der Waals surface area contributed by atoms with Crippen LogP contribution in [0.25, 0.3) is 0 Å². The molecular formula is C18H21ClN2O3. The summed E-state index contributed by atoms with van der Waals surface area (Å²) in [5.74, 6) is -0.820. The van der Waals surface area contributed by atoms with E-state index in [1.807, 2.05) is 0 Å². The number of rotatable bonds is 6. The van der Waals surface area contributed by atoms with E-state index in [0.29, 0.717) is 16.3 Å².